The summed E-state index contributed by atoms with van der Waals surface area (Å²) in [4.78, 5) is 19.6. The van der Waals surface area contributed by atoms with Crippen molar-refractivity contribution in [2.24, 2.45) is 5.73 Å². The number of hydrogen-bond donors (Lipinski definition) is 1. The van der Waals surface area contributed by atoms with Gasteiger partial charge in [0.2, 0.25) is 0 Å². The van der Waals surface area contributed by atoms with Gasteiger partial charge in [0.25, 0.3) is 0 Å². The van der Waals surface area contributed by atoms with Crippen molar-refractivity contribution in [3.8, 4) is 0 Å². The third-order valence-corrected chi connectivity index (χ3v) is 0.962. The smallest absolute Gasteiger partial charge is 0.550 e. The van der Waals surface area contributed by atoms with Crippen LogP contribution < -0.4 is 67.3 Å². The Balaban J connectivity index is -0.000000135. The number of nitrogens with two attached hydrogens (primary N) is 1. The van der Waals surface area contributed by atoms with Crippen LogP contribution in [0.15, 0.2) is 0 Å². The number of carbonyl (C=O) groups excluding carboxylic acids is 2. The van der Waals surface area contributed by atoms with Gasteiger partial charge < -0.3 is 31.0 Å². The molecule has 0 radical (unpaired) electrons. The van der Waals surface area contributed by atoms with E-state index in [1.807, 2.05) is 0 Å². The minimum atomic E-state index is -1.44. The Hall–Kier alpha value is 0.496. The van der Waals surface area contributed by atoms with E-state index in [1.165, 1.54) is 0 Å². The molecule has 0 saturated carbocycles. The van der Waals surface area contributed by atoms with Crippen LogP contribution >= 0.6 is 0 Å². The van der Waals surface area contributed by atoms with Crippen LogP contribution in [0.25, 0.3) is 0 Å². The van der Waals surface area contributed by atoms with Crippen molar-refractivity contribution >= 4 is 11.9 Å². The van der Waals surface area contributed by atoms with E-state index in [4.69, 9.17) is 5.73 Å². The fraction of sp³-hybridized carbons (Fsp3) is 0.600. The van der Waals surface area contributed by atoms with Crippen LogP contribution in [0.5, 0.6) is 0 Å². The second-order valence-electron chi connectivity index (χ2n) is 1.84. The molecular formula is C5H10KNO5. The quantitative estimate of drug-likeness (QED) is 0.452. The Morgan fingerprint density at radius 3 is 2.08 bits per heavy atom. The molecule has 0 amide bonds. The topological polar surface area (TPSA) is 138 Å². The summed E-state index contributed by atoms with van der Waals surface area (Å²) >= 11 is 0. The number of carboxylic acid groups (broad SMARTS) is 2. The SMILES string of the molecule is N[C@@H](CCC(=O)[O-])C(=O)[O-].O.[H+].[K+]. The molecule has 0 saturated heterocycles. The van der Waals surface area contributed by atoms with E-state index in [-0.39, 0.29) is 71.1 Å². The fourth-order valence-electron chi connectivity index (χ4n) is 0.391. The first-order valence-electron chi connectivity index (χ1n) is 2.70. The molecule has 0 spiro atoms. The van der Waals surface area contributed by atoms with Gasteiger partial charge in [0.15, 0.2) is 0 Å². The largest absolute Gasteiger partial charge is 1.00 e. The molecule has 66 valence electrons. The molecular weight excluding hydrogens is 193 g/mol. The van der Waals surface area contributed by atoms with Gasteiger partial charge in [0.05, 0.1) is 5.97 Å². The number of hydrogen-bond acceptors (Lipinski definition) is 5. The maximum Gasteiger partial charge on any atom is 1.00 e. The zero-order valence-electron chi connectivity index (χ0n) is 7.70. The zero-order chi connectivity index (χ0) is 8.15. The molecule has 12 heavy (non-hydrogen) atoms. The monoisotopic (exact) mass is 203 g/mol. The summed E-state index contributed by atoms with van der Waals surface area (Å²) in [6.07, 6.45) is -0.500. The molecule has 0 fully saturated rings. The van der Waals surface area contributed by atoms with Crippen molar-refractivity contribution in [2.75, 3.05) is 0 Å². The molecule has 0 rings (SSSR count). The summed E-state index contributed by atoms with van der Waals surface area (Å²) in [6, 6.07) is -1.21. The molecule has 0 heterocycles. The average Bonchev–Trinajstić information content (AvgIpc) is 1.82. The van der Waals surface area contributed by atoms with Crippen molar-refractivity contribution < 1.29 is 78.1 Å². The molecule has 0 aliphatic rings. The molecule has 0 aliphatic carbocycles. The maximum atomic E-state index is 9.86. The first-order valence-corrected chi connectivity index (χ1v) is 2.70. The summed E-state index contributed by atoms with van der Waals surface area (Å²) in [5, 5.41) is 19.6. The van der Waals surface area contributed by atoms with Crippen LogP contribution in [0.3, 0.4) is 0 Å². The molecule has 6 nitrogen and oxygen atoms in total. The van der Waals surface area contributed by atoms with Crippen LogP contribution in [-0.4, -0.2) is 23.5 Å². The van der Waals surface area contributed by atoms with Crippen LogP contribution in [0.4, 0.5) is 0 Å². The van der Waals surface area contributed by atoms with Gasteiger partial charge in [-0.3, -0.25) is 0 Å². The van der Waals surface area contributed by atoms with Crippen molar-refractivity contribution in [3.63, 3.8) is 0 Å². The fourth-order valence-corrected chi connectivity index (χ4v) is 0.391. The molecule has 1 atom stereocenters. The predicted molar refractivity (Wildman–Crippen MR) is 31.9 cm³/mol. The Labute approximate surface area is 113 Å². The van der Waals surface area contributed by atoms with Gasteiger partial charge in [-0.2, -0.15) is 0 Å². The van der Waals surface area contributed by atoms with Crippen molar-refractivity contribution in [1.82, 2.24) is 0 Å². The van der Waals surface area contributed by atoms with E-state index >= 15 is 0 Å². The van der Waals surface area contributed by atoms with Crippen LogP contribution in [0.1, 0.15) is 14.3 Å². The number of rotatable bonds is 4. The summed E-state index contributed by atoms with van der Waals surface area (Å²) in [6.45, 7) is 0. The second kappa shape index (κ2) is 9.58. The Morgan fingerprint density at radius 1 is 1.42 bits per heavy atom. The summed E-state index contributed by atoms with van der Waals surface area (Å²) in [5.41, 5.74) is 4.91. The van der Waals surface area contributed by atoms with E-state index in [1.54, 1.807) is 0 Å². The molecule has 0 aliphatic heterocycles. The van der Waals surface area contributed by atoms with Crippen LogP contribution in [-0.2, 0) is 9.59 Å². The van der Waals surface area contributed by atoms with Gasteiger partial charge in [0.1, 0.15) is 0 Å². The molecule has 0 aromatic carbocycles. The minimum Gasteiger partial charge on any atom is -0.550 e. The van der Waals surface area contributed by atoms with E-state index in [2.05, 4.69) is 0 Å². The summed E-state index contributed by atoms with van der Waals surface area (Å²) < 4.78 is 0. The standard InChI is InChI=1S/C5H9NO4.K.H2O/c6-3(5(9)10)1-2-4(7)8;;/h3H,1-2,6H2,(H,7,8)(H,9,10);;1H2/q;+1;/p-1/t3-;;/m0../s1. The van der Waals surface area contributed by atoms with Crippen molar-refractivity contribution in [1.29, 1.82) is 0 Å². The second-order valence-corrected chi connectivity index (χ2v) is 1.84. The van der Waals surface area contributed by atoms with Gasteiger partial charge in [-0.15, -0.1) is 0 Å². The van der Waals surface area contributed by atoms with E-state index < -0.39 is 18.0 Å². The zero-order valence-corrected chi connectivity index (χ0v) is 9.83. The molecule has 7 heteroatoms. The third kappa shape index (κ3) is 10.5. The van der Waals surface area contributed by atoms with Gasteiger partial charge in [-0.05, 0) is 12.8 Å². The maximum absolute atomic E-state index is 9.86. The number of carbonyl (C=O) groups is 2. The number of aliphatic carboxylic acids is 2. The first kappa shape index (κ1) is 18.3. The summed E-state index contributed by atoms with van der Waals surface area (Å²) in [7, 11) is 0. The van der Waals surface area contributed by atoms with E-state index in [0.29, 0.717) is 0 Å². The van der Waals surface area contributed by atoms with Gasteiger partial charge in [-0.25, -0.2) is 0 Å². The van der Waals surface area contributed by atoms with Crippen LogP contribution in [0, 0.1) is 0 Å². The first-order chi connectivity index (χ1) is 4.54. The molecule has 0 aromatic heterocycles. The average molecular weight is 203 g/mol. The van der Waals surface area contributed by atoms with Crippen LogP contribution in [0.2, 0.25) is 0 Å². The van der Waals surface area contributed by atoms with Crippen molar-refractivity contribution in [3.05, 3.63) is 0 Å². The summed E-state index contributed by atoms with van der Waals surface area (Å²) in [5.74, 6) is -2.75. The van der Waals surface area contributed by atoms with Gasteiger partial charge in [0, 0.05) is 12.0 Å². The van der Waals surface area contributed by atoms with Crippen molar-refractivity contribution in [2.45, 2.75) is 18.9 Å². The Morgan fingerprint density at radius 2 is 1.83 bits per heavy atom. The van der Waals surface area contributed by atoms with Gasteiger partial charge >= 0.3 is 52.8 Å². The van der Waals surface area contributed by atoms with E-state index in [0.717, 1.165) is 0 Å². The van der Waals surface area contributed by atoms with E-state index in [9.17, 15) is 19.8 Å². The molecule has 4 N–H and O–H groups in total. The Bertz CT molecular complexity index is 156. The number of carboxylic acids is 2. The minimum absolute atomic E-state index is 0. The molecule has 0 aromatic rings. The molecule has 0 unspecified atom stereocenters. The Kier molecular flexibility index (Phi) is 14.6. The normalized spacial score (nSPS) is 10.4. The third-order valence-electron chi connectivity index (χ3n) is 0.962. The van der Waals surface area contributed by atoms with Gasteiger partial charge in [-0.1, -0.05) is 0 Å². The molecule has 0 bridgehead atoms. The predicted octanol–water partition coefficient (Wildman–Crippen LogP) is -7.11.